The third-order valence-corrected chi connectivity index (χ3v) is 5.22. The zero-order chi connectivity index (χ0) is 23.9. The minimum absolute atomic E-state index is 0.0519. The average molecular weight is 460 g/mol. The Kier molecular flexibility index (Phi) is 5.95. The molecular formula is C22H20O11. The van der Waals surface area contributed by atoms with Gasteiger partial charge in [-0.25, -0.2) is 4.79 Å². The highest BCUT2D eigenvalue weighted by Gasteiger charge is 2.48. The van der Waals surface area contributed by atoms with Crippen molar-refractivity contribution in [3.63, 3.8) is 0 Å². The number of ether oxygens (including phenoxy) is 3. The van der Waals surface area contributed by atoms with Crippen LogP contribution in [0.15, 0.2) is 51.7 Å². The molecule has 174 valence electrons. The van der Waals surface area contributed by atoms with Gasteiger partial charge in [0.15, 0.2) is 11.5 Å². The molecule has 11 nitrogen and oxygen atoms in total. The summed E-state index contributed by atoms with van der Waals surface area (Å²) < 4.78 is 21.4. The fourth-order valence-electron chi connectivity index (χ4n) is 3.49. The van der Waals surface area contributed by atoms with E-state index in [1.165, 1.54) is 19.2 Å². The Morgan fingerprint density at radius 2 is 1.67 bits per heavy atom. The predicted molar refractivity (Wildman–Crippen MR) is 111 cm³/mol. The Morgan fingerprint density at radius 3 is 2.30 bits per heavy atom. The molecular weight excluding hydrogens is 440 g/mol. The second-order valence-corrected chi connectivity index (χ2v) is 7.37. The first-order chi connectivity index (χ1) is 15.7. The van der Waals surface area contributed by atoms with Crippen LogP contribution in [0.1, 0.15) is 0 Å². The summed E-state index contributed by atoms with van der Waals surface area (Å²) >= 11 is 0. The van der Waals surface area contributed by atoms with Gasteiger partial charge in [-0.05, 0) is 24.3 Å². The zero-order valence-corrected chi connectivity index (χ0v) is 17.1. The van der Waals surface area contributed by atoms with Gasteiger partial charge in [-0.2, -0.15) is 0 Å². The molecule has 33 heavy (non-hydrogen) atoms. The van der Waals surface area contributed by atoms with Gasteiger partial charge in [0, 0.05) is 23.8 Å². The van der Waals surface area contributed by atoms with E-state index in [9.17, 15) is 30.0 Å². The van der Waals surface area contributed by atoms with Crippen LogP contribution in [0.5, 0.6) is 17.2 Å². The van der Waals surface area contributed by atoms with E-state index >= 15 is 0 Å². The van der Waals surface area contributed by atoms with Gasteiger partial charge in [0.05, 0.1) is 7.11 Å². The summed E-state index contributed by atoms with van der Waals surface area (Å²) in [6.07, 6.45) is -9.10. The van der Waals surface area contributed by atoms with Crippen molar-refractivity contribution in [2.24, 2.45) is 0 Å². The van der Waals surface area contributed by atoms with Crippen LogP contribution in [0.2, 0.25) is 0 Å². The minimum Gasteiger partial charge on any atom is -0.507 e. The van der Waals surface area contributed by atoms with E-state index in [-0.39, 0.29) is 22.5 Å². The molecule has 1 aromatic heterocycles. The smallest absolute Gasteiger partial charge is 0.335 e. The zero-order valence-electron chi connectivity index (χ0n) is 17.1. The number of aromatic hydroxyl groups is 1. The third kappa shape index (κ3) is 4.22. The van der Waals surface area contributed by atoms with Gasteiger partial charge in [0.2, 0.25) is 6.29 Å². The highest BCUT2D eigenvalue weighted by atomic mass is 16.7. The number of carbonyl (C=O) groups is 1. The van der Waals surface area contributed by atoms with Gasteiger partial charge >= 0.3 is 5.97 Å². The first-order valence-corrected chi connectivity index (χ1v) is 9.74. The summed E-state index contributed by atoms with van der Waals surface area (Å²) in [4.78, 5) is 23.9. The third-order valence-electron chi connectivity index (χ3n) is 5.22. The van der Waals surface area contributed by atoms with Gasteiger partial charge in [-0.15, -0.1) is 0 Å². The van der Waals surface area contributed by atoms with E-state index in [1.807, 2.05) is 0 Å². The van der Waals surface area contributed by atoms with Crippen LogP contribution >= 0.6 is 0 Å². The standard InChI is InChI=1S/C22H20O11/c1-30-10-4-2-9(3-5-10)14-8-13(24)16-12(23)6-11(7-15(16)32-14)31-22-19(27)17(25)18(26)20(33-22)21(28)29/h2-8,17-20,22-23,25-27H,1H3,(H,28,29)/t17-,18-,19?,20?,22+/m0/s1. The van der Waals surface area contributed by atoms with Gasteiger partial charge in [0.1, 0.15) is 52.3 Å². The molecule has 0 aliphatic carbocycles. The molecule has 11 heteroatoms. The van der Waals surface area contributed by atoms with Crippen molar-refractivity contribution < 1.29 is 49.0 Å². The second-order valence-electron chi connectivity index (χ2n) is 7.37. The number of aliphatic hydroxyl groups excluding tert-OH is 3. The van der Waals surface area contributed by atoms with Crippen molar-refractivity contribution in [3.8, 4) is 28.6 Å². The van der Waals surface area contributed by atoms with E-state index in [4.69, 9.17) is 23.7 Å². The van der Waals surface area contributed by atoms with Crippen LogP contribution in [0.25, 0.3) is 22.3 Å². The Labute approximate surface area is 185 Å². The summed E-state index contributed by atoms with van der Waals surface area (Å²) in [5.74, 6) is -1.40. The monoisotopic (exact) mass is 460 g/mol. The highest BCUT2D eigenvalue weighted by molar-refractivity contribution is 5.86. The van der Waals surface area contributed by atoms with Crippen LogP contribution in [0.4, 0.5) is 0 Å². The number of methoxy groups -OCH3 is 1. The van der Waals surface area contributed by atoms with Gasteiger partial charge in [0.25, 0.3) is 0 Å². The first-order valence-electron chi connectivity index (χ1n) is 9.74. The summed E-state index contributed by atoms with van der Waals surface area (Å²) in [5.41, 5.74) is -0.0124. The number of aliphatic carboxylic acids is 1. The molecule has 1 fully saturated rings. The lowest BCUT2D eigenvalue weighted by Crippen LogP contribution is -2.61. The van der Waals surface area contributed by atoms with Gasteiger partial charge < -0.3 is 44.2 Å². The molecule has 1 aliphatic rings. The fourth-order valence-corrected chi connectivity index (χ4v) is 3.49. The van der Waals surface area contributed by atoms with Crippen molar-refractivity contribution in [1.82, 2.24) is 0 Å². The number of hydrogen-bond acceptors (Lipinski definition) is 10. The van der Waals surface area contributed by atoms with Crippen molar-refractivity contribution in [2.75, 3.05) is 7.11 Å². The van der Waals surface area contributed by atoms with Crippen LogP contribution in [0, 0.1) is 0 Å². The molecule has 5 N–H and O–H groups in total. The molecule has 2 aromatic carbocycles. The van der Waals surface area contributed by atoms with E-state index in [0.717, 1.165) is 6.07 Å². The Hall–Kier alpha value is -3.64. The first kappa shape index (κ1) is 22.6. The Bertz CT molecular complexity index is 1230. The molecule has 2 unspecified atom stereocenters. The number of benzene rings is 2. The van der Waals surface area contributed by atoms with Crippen molar-refractivity contribution in [2.45, 2.75) is 30.7 Å². The molecule has 0 amide bonds. The average Bonchev–Trinajstić information content (AvgIpc) is 2.78. The van der Waals surface area contributed by atoms with E-state index in [1.54, 1.807) is 24.3 Å². The topological polar surface area (TPSA) is 176 Å². The van der Waals surface area contributed by atoms with Crippen molar-refractivity contribution in [1.29, 1.82) is 0 Å². The minimum atomic E-state index is -1.88. The Morgan fingerprint density at radius 1 is 0.970 bits per heavy atom. The van der Waals surface area contributed by atoms with Gasteiger partial charge in [-0.1, -0.05) is 0 Å². The molecule has 0 saturated carbocycles. The number of fused-ring (bicyclic) bond motifs is 1. The maximum Gasteiger partial charge on any atom is 0.335 e. The second kappa shape index (κ2) is 8.71. The molecule has 3 aromatic rings. The van der Waals surface area contributed by atoms with E-state index in [2.05, 4.69) is 0 Å². The normalized spacial score (nSPS) is 25.0. The number of phenols is 1. The predicted octanol–water partition coefficient (Wildman–Crippen LogP) is 0.445. The van der Waals surface area contributed by atoms with Crippen LogP contribution < -0.4 is 14.9 Å². The summed E-state index contributed by atoms with van der Waals surface area (Å²) in [5, 5.41) is 49.2. The Balaban J connectivity index is 1.70. The molecule has 0 spiro atoms. The largest absolute Gasteiger partial charge is 0.507 e. The number of carboxylic acids is 1. The fraction of sp³-hybridized carbons (Fsp3) is 0.273. The lowest BCUT2D eigenvalue weighted by atomic mass is 9.99. The SMILES string of the molecule is COc1ccc(-c2cc(=O)c3c(O)cc(O[C@@H]4OC(C(=O)O)[C@@H](O)[C@H](O)C4O)cc3o2)cc1. The van der Waals surface area contributed by atoms with Gasteiger partial charge in [-0.3, -0.25) is 4.79 Å². The van der Waals surface area contributed by atoms with Crippen LogP contribution in [-0.2, 0) is 9.53 Å². The summed E-state index contributed by atoms with van der Waals surface area (Å²) in [6.45, 7) is 0. The van der Waals surface area contributed by atoms with E-state index in [0.29, 0.717) is 11.3 Å². The van der Waals surface area contributed by atoms with Crippen molar-refractivity contribution in [3.05, 3.63) is 52.7 Å². The lowest BCUT2D eigenvalue weighted by molar-refractivity contribution is -0.271. The molecule has 5 atom stereocenters. The maximum absolute atomic E-state index is 12.6. The maximum atomic E-state index is 12.6. The van der Waals surface area contributed by atoms with Crippen molar-refractivity contribution >= 4 is 16.9 Å². The molecule has 0 radical (unpaired) electrons. The van der Waals surface area contributed by atoms with E-state index < -0.39 is 47.9 Å². The number of rotatable bonds is 5. The summed E-state index contributed by atoms with van der Waals surface area (Å²) in [7, 11) is 1.51. The molecule has 0 bridgehead atoms. The number of carboxylic acid groups (broad SMARTS) is 1. The number of aliphatic hydroxyl groups is 3. The van der Waals surface area contributed by atoms with Crippen LogP contribution in [-0.4, -0.2) is 69.3 Å². The number of phenolic OH excluding ortho intramolecular Hbond substituents is 1. The quantitative estimate of drug-likeness (QED) is 0.357. The lowest BCUT2D eigenvalue weighted by Gasteiger charge is -2.38. The molecule has 4 rings (SSSR count). The molecule has 1 saturated heterocycles. The molecule has 2 heterocycles. The van der Waals surface area contributed by atoms with Crippen LogP contribution in [0.3, 0.4) is 0 Å². The summed E-state index contributed by atoms with van der Waals surface area (Å²) in [6, 6.07) is 10.2. The number of hydrogen-bond donors (Lipinski definition) is 5. The highest BCUT2D eigenvalue weighted by Crippen LogP contribution is 2.33. The molecule has 1 aliphatic heterocycles.